The van der Waals surface area contributed by atoms with Crippen molar-refractivity contribution in [3.63, 3.8) is 0 Å². The molecule has 11 heteroatoms. The third-order valence-electron chi connectivity index (χ3n) is 0. The molecule has 0 spiro atoms. The van der Waals surface area contributed by atoms with Crippen molar-refractivity contribution in [1.29, 1.82) is 0 Å². The van der Waals surface area contributed by atoms with Gasteiger partial charge >= 0.3 is 81.5 Å². The fourth-order valence-electron chi connectivity index (χ4n) is 0. The predicted octanol–water partition coefficient (Wildman–Crippen LogP) is 1.56. The van der Waals surface area contributed by atoms with Gasteiger partial charge in [-0.15, -0.1) is 12.4 Å². The molecule has 0 aromatic carbocycles. The van der Waals surface area contributed by atoms with Crippen molar-refractivity contribution in [3.8, 4) is 0 Å². The Morgan fingerprint density at radius 1 is 1.27 bits per heavy atom. The van der Waals surface area contributed by atoms with Crippen molar-refractivity contribution in [1.82, 2.24) is 0 Å². The first-order chi connectivity index (χ1) is 3.73. The summed E-state index contributed by atoms with van der Waals surface area (Å²) >= 11 is 0.863. The average molecular weight is 478 g/mol. The minimum atomic E-state index is -3.97. The van der Waals surface area contributed by atoms with Crippen LogP contribution in [0.5, 0.6) is 0 Å². The van der Waals surface area contributed by atoms with Crippen LogP contribution in [0.1, 0.15) is 0 Å². The van der Waals surface area contributed by atoms with Crippen LogP contribution in [0.3, 0.4) is 0 Å². The zero-order chi connectivity index (χ0) is 8.08. The maximum atomic E-state index is 9.05. The number of halogens is 4. The third kappa shape index (κ3) is 164. The SMILES string of the molecule is Cl.O=S(=O)(O)S.[Cl][Au]([Cl])[Cl].[NaH]. The van der Waals surface area contributed by atoms with Crippen molar-refractivity contribution >= 4 is 90.3 Å². The van der Waals surface area contributed by atoms with E-state index in [0.717, 1.165) is 0 Å². The van der Waals surface area contributed by atoms with Gasteiger partial charge in [0.2, 0.25) is 0 Å². The molecule has 0 saturated heterocycles. The predicted molar refractivity (Wildman–Crippen MR) is 52.5 cm³/mol. The molecule has 0 aromatic rings. The van der Waals surface area contributed by atoms with Crippen molar-refractivity contribution in [2.24, 2.45) is 0 Å². The van der Waals surface area contributed by atoms with Gasteiger partial charge in [0.05, 0.1) is 0 Å². The summed E-state index contributed by atoms with van der Waals surface area (Å²) < 4.78 is 25.5. The van der Waals surface area contributed by atoms with Gasteiger partial charge < -0.3 is 0 Å². The number of thiol groups is 1. The molecule has 74 valence electrons. The Hall–Kier alpha value is 3.16. The summed E-state index contributed by atoms with van der Waals surface area (Å²) in [6.45, 7) is 0. The van der Waals surface area contributed by atoms with Crippen LogP contribution in [0, 0.1) is 0 Å². The topological polar surface area (TPSA) is 54.4 Å². The zero-order valence-electron chi connectivity index (χ0n) is 3.96. The van der Waals surface area contributed by atoms with Crippen molar-refractivity contribution in [2.75, 3.05) is 0 Å². The Kier molecular flexibility index (Phi) is 28.4. The minimum absolute atomic E-state index is 0. The van der Waals surface area contributed by atoms with E-state index in [2.05, 4.69) is 11.7 Å². The quantitative estimate of drug-likeness (QED) is 0.241. The Bertz CT molecular complexity index is 135. The van der Waals surface area contributed by atoms with Gasteiger partial charge in [-0.3, -0.25) is 4.55 Å². The summed E-state index contributed by atoms with van der Waals surface area (Å²) in [5.41, 5.74) is 0. The Morgan fingerprint density at radius 2 is 1.27 bits per heavy atom. The van der Waals surface area contributed by atoms with E-state index in [1.165, 1.54) is 0 Å². The van der Waals surface area contributed by atoms with Gasteiger partial charge in [0.25, 0.3) is 0 Å². The Balaban J connectivity index is -0.0000000383. The second kappa shape index (κ2) is 13.2. The summed E-state index contributed by atoms with van der Waals surface area (Å²) in [5.74, 6) is 0. The molecule has 3 nitrogen and oxygen atoms in total. The summed E-state index contributed by atoms with van der Waals surface area (Å²) in [7, 11) is 10.9. The first kappa shape index (κ1) is 23.8. The molecule has 0 aromatic heterocycles. The standard InChI is InChI=1S/Au.4ClH.Na.H2O3S2.H/c;;;;;;1-5(2,3)4;/h;4*1H;;(H2,1,2,3,4);/q+3;;;;;;;/p-3. The molecule has 0 aliphatic rings. The van der Waals surface area contributed by atoms with Crippen LogP contribution in [-0.4, -0.2) is 42.5 Å². The van der Waals surface area contributed by atoms with Gasteiger partial charge in [-0.25, -0.2) is 0 Å². The van der Waals surface area contributed by atoms with Gasteiger partial charge in [0, 0.05) is 0 Å². The van der Waals surface area contributed by atoms with Crippen molar-refractivity contribution in [2.45, 2.75) is 0 Å². The van der Waals surface area contributed by atoms with Crippen LogP contribution >= 0.6 is 51.6 Å². The van der Waals surface area contributed by atoms with E-state index >= 15 is 0 Å². The molecular formula is H4AuCl4NaO3S2. The Labute approximate surface area is 116 Å². The van der Waals surface area contributed by atoms with E-state index in [0.29, 0.717) is 0 Å². The van der Waals surface area contributed by atoms with Crippen LogP contribution in [-0.2, 0) is 24.3 Å². The number of hydrogen-bond donors (Lipinski definition) is 2. The summed E-state index contributed by atoms with van der Waals surface area (Å²) in [6, 6.07) is 0. The molecule has 0 bridgehead atoms. The average Bonchev–Trinajstić information content (AvgIpc) is 1.19. The number of rotatable bonds is 0. The first-order valence-electron chi connectivity index (χ1n) is 1.04. The molecule has 11 heavy (non-hydrogen) atoms. The van der Waals surface area contributed by atoms with Crippen LogP contribution in [0.25, 0.3) is 0 Å². The zero-order valence-corrected chi connectivity index (χ0v) is 10.9. The molecule has 0 heterocycles. The van der Waals surface area contributed by atoms with Gasteiger partial charge in [0.15, 0.2) is 0 Å². The van der Waals surface area contributed by atoms with E-state index in [4.69, 9.17) is 40.5 Å². The molecule has 0 atom stereocenters. The molecule has 0 rings (SSSR count). The third-order valence-corrected chi connectivity index (χ3v) is 0. The van der Waals surface area contributed by atoms with Gasteiger partial charge in [-0.1, -0.05) is 0 Å². The molecule has 0 fully saturated rings. The van der Waals surface area contributed by atoms with Crippen LogP contribution < -0.4 is 0 Å². The van der Waals surface area contributed by atoms with Gasteiger partial charge in [-0.2, -0.15) is 8.42 Å². The maximum absolute atomic E-state index is 9.05. The van der Waals surface area contributed by atoms with Crippen molar-refractivity contribution < 1.29 is 28.2 Å². The Morgan fingerprint density at radius 3 is 1.27 bits per heavy atom. The molecule has 0 unspecified atom stereocenters. The van der Waals surface area contributed by atoms with Gasteiger partial charge in [-0.05, 0) is 11.7 Å². The molecule has 0 saturated carbocycles. The van der Waals surface area contributed by atoms with E-state index in [1.54, 1.807) is 0 Å². The molecule has 0 amide bonds. The summed E-state index contributed by atoms with van der Waals surface area (Å²) in [5, 5.41) is 0. The number of hydrogen-bond acceptors (Lipinski definition) is 2. The molecule has 1 N–H and O–H groups in total. The van der Waals surface area contributed by atoms with Gasteiger partial charge in [0.1, 0.15) is 0 Å². The van der Waals surface area contributed by atoms with Crippen LogP contribution in [0.2, 0.25) is 0 Å². The first-order valence-corrected chi connectivity index (χ1v) is 11.6. The summed E-state index contributed by atoms with van der Waals surface area (Å²) in [6.07, 6.45) is 0. The van der Waals surface area contributed by atoms with E-state index in [-0.39, 0.29) is 42.0 Å². The fraction of sp³-hybridized carbons (Fsp3) is 0. The van der Waals surface area contributed by atoms with E-state index < -0.39 is 24.3 Å². The molecule has 0 aliphatic carbocycles. The second-order valence-corrected chi connectivity index (χ2v) is 12.2. The fourth-order valence-corrected chi connectivity index (χ4v) is 0. The van der Waals surface area contributed by atoms with Crippen LogP contribution in [0.15, 0.2) is 0 Å². The van der Waals surface area contributed by atoms with E-state index in [1.807, 2.05) is 0 Å². The second-order valence-electron chi connectivity index (χ2n) is 0.577. The monoisotopic (exact) mass is 476 g/mol. The summed E-state index contributed by atoms with van der Waals surface area (Å²) in [4.78, 5) is 0. The van der Waals surface area contributed by atoms with Crippen LogP contribution in [0.4, 0.5) is 0 Å². The molecule has 0 radical (unpaired) electrons. The molecular weight excluding hydrogens is 474 g/mol. The normalized spacial score (nSPS) is 9.36. The molecule has 0 aliphatic heterocycles. The van der Waals surface area contributed by atoms with Crippen molar-refractivity contribution in [3.05, 3.63) is 0 Å². The van der Waals surface area contributed by atoms with E-state index in [9.17, 15) is 0 Å².